The third-order valence-electron chi connectivity index (χ3n) is 9.40. The van der Waals surface area contributed by atoms with E-state index < -0.39 is 8.07 Å². The predicted octanol–water partition coefficient (Wildman–Crippen LogP) is 5.81. The van der Waals surface area contributed by atoms with Crippen LogP contribution in [0, 0.1) is 5.92 Å². The second-order valence-corrected chi connectivity index (χ2v) is 17.4. The molecule has 0 bridgehead atoms. The fourth-order valence-corrected chi connectivity index (χ4v) is 10.1. The molecule has 48 heavy (non-hydrogen) atoms. The second kappa shape index (κ2) is 12.4. The van der Waals surface area contributed by atoms with Crippen molar-refractivity contribution in [2.45, 2.75) is 46.1 Å². The molecule has 1 atom stereocenters. The highest BCUT2D eigenvalue weighted by Gasteiger charge is 2.40. The number of aromatic nitrogens is 4. The van der Waals surface area contributed by atoms with E-state index in [1.165, 1.54) is 22.3 Å². The normalized spacial score (nSPS) is 16.4. The van der Waals surface area contributed by atoms with Crippen LogP contribution in [0.25, 0.3) is 16.7 Å². The summed E-state index contributed by atoms with van der Waals surface area (Å²) in [5.74, 6) is 0.828. The number of nitrogens with zero attached hydrogens (tertiary/aromatic N) is 3. The van der Waals surface area contributed by atoms with Crippen molar-refractivity contribution in [3.05, 3.63) is 129 Å². The molecular formula is C38H38N6O3Si. The van der Waals surface area contributed by atoms with Gasteiger partial charge in [-0.25, -0.2) is 4.98 Å². The molecule has 1 unspecified atom stereocenters. The minimum Gasteiger partial charge on any atom is -0.471 e. The molecule has 3 heterocycles. The number of hydrogen-bond donors (Lipinski definition) is 4. The number of aliphatic hydroxyl groups excluding tert-OH is 1. The molecule has 1 aliphatic heterocycles. The van der Waals surface area contributed by atoms with Crippen molar-refractivity contribution >= 4 is 47.4 Å². The molecule has 0 amide bonds. The summed E-state index contributed by atoms with van der Waals surface area (Å²) in [7, 11) is -2.05. The molecule has 5 aromatic rings. The van der Waals surface area contributed by atoms with Gasteiger partial charge in [-0.1, -0.05) is 85.9 Å². The zero-order valence-corrected chi connectivity index (χ0v) is 28.2. The van der Waals surface area contributed by atoms with E-state index in [0.717, 1.165) is 39.1 Å². The highest BCUT2D eigenvalue weighted by Crippen LogP contribution is 2.43. The number of ether oxygens (including phenoxy) is 1. The smallest absolute Gasteiger partial charge is 0.245 e. The Kier molecular flexibility index (Phi) is 8.06. The quantitative estimate of drug-likeness (QED) is 0.0883. The number of hydrogen-bond acceptors (Lipinski definition) is 8. The van der Waals surface area contributed by atoms with Crippen molar-refractivity contribution in [1.82, 2.24) is 19.9 Å². The summed E-state index contributed by atoms with van der Waals surface area (Å²) in [6.07, 6.45) is 9.30. The first-order chi connectivity index (χ1) is 23.1. The number of nitrogens with one attached hydrogen (secondary N) is 1. The number of aromatic amines is 1. The number of allylic oxidation sites excluding steroid dienone is 5. The van der Waals surface area contributed by atoms with Crippen LogP contribution >= 0.6 is 0 Å². The van der Waals surface area contributed by atoms with Gasteiger partial charge in [0.15, 0.2) is 11.4 Å². The summed E-state index contributed by atoms with van der Waals surface area (Å²) in [6.45, 7) is 7.12. The molecule has 0 spiro atoms. The minimum absolute atomic E-state index is 0.0512. The Labute approximate surface area is 280 Å². The van der Waals surface area contributed by atoms with E-state index in [0.29, 0.717) is 48.0 Å². The molecule has 10 heteroatoms. The zero-order valence-electron chi connectivity index (χ0n) is 27.2. The van der Waals surface area contributed by atoms with Gasteiger partial charge in [-0.2, -0.15) is 9.97 Å². The Morgan fingerprint density at radius 3 is 2.58 bits per heavy atom. The van der Waals surface area contributed by atoms with Gasteiger partial charge < -0.3 is 26.3 Å². The van der Waals surface area contributed by atoms with Crippen LogP contribution in [0.3, 0.4) is 0 Å². The number of nitrogen functional groups attached to an aromatic ring is 2. The van der Waals surface area contributed by atoms with E-state index >= 15 is 0 Å². The lowest BCUT2D eigenvalue weighted by molar-refractivity contribution is 0.0982. The number of anilines is 2. The Bertz CT molecular complexity index is 2160. The van der Waals surface area contributed by atoms with Crippen molar-refractivity contribution in [1.29, 1.82) is 0 Å². The fourth-order valence-electron chi connectivity index (χ4n) is 6.79. The largest absolute Gasteiger partial charge is 0.471 e. The monoisotopic (exact) mass is 654 g/mol. The van der Waals surface area contributed by atoms with Crippen LogP contribution in [0.2, 0.25) is 13.1 Å². The van der Waals surface area contributed by atoms with Crippen LogP contribution in [-0.4, -0.2) is 38.9 Å². The zero-order chi connectivity index (χ0) is 33.6. The molecule has 0 saturated carbocycles. The molecule has 0 fully saturated rings. The number of imidazole rings is 1. The Hall–Kier alpha value is -5.32. The average Bonchev–Trinajstić information content (AvgIpc) is 3.56. The summed E-state index contributed by atoms with van der Waals surface area (Å²) in [5.41, 5.74) is 21.6. The van der Waals surface area contributed by atoms with E-state index in [4.69, 9.17) is 16.2 Å². The molecule has 3 aromatic carbocycles. The van der Waals surface area contributed by atoms with Gasteiger partial charge in [0.2, 0.25) is 11.8 Å². The van der Waals surface area contributed by atoms with Crippen LogP contribution in [0.15, 0.2) is 96.0 Å². The Morgan fingerprint density at radius 2 is 1.79 bits per heavy atom. The summed E-state index contributed by atoms with van der Waals surface area (Å²) < 4.78 is 5.91. The minimum atomic E-state index is -2.05. The Morgan fingerprint density at radius 1 is 1.00 bits per heavy atom. The molecule has 2 aliphatic rings. The number of carbonyl (C=O) groups excluding carboxylic acids is 1. The van der Waals surface area contributed by atoms with Crippen LogP contribution in [-0.2, 0) is 19.6 Å². The van der Waals surface area contributed by atoms with E-state index in [-0.39, 0.29) is 18.3 Å². The molecular weight excluding hydrogens is 617 g/mol. The summed E-state index contributed by atoms with van der Waals surface area (Å²) in [6, 6.07) is 19.9. The number of benzene rings is 3. The number of carbonyl (C=O) groups is 1. The van der Waals surface area contributed by atoms with Crippen molar-refractivity contribution in [3.63, 3.8) is 0 Å². The number of aryl methyl sites for hydroxylation is 1. The van der Waals surface area contributed by atoms with Crippen LogP contribution in [0.1, 0.15) is 51.5 Å². The van der Waals surface area contributed by atoms with Gasteiger partial charge >= 0.3 is 0 Å². The summed E-state index contributed by atoms with van der Waals surface area (Å²) in [4.78, 5) is 29.0. The van der Waals surface area contributed by atoms with Gasteiger partial charge in [0, 0.05) is 17.7 Å². The van der Waals surface area contributed by atoms with Crippen molar-refractivity contribution in [2.24, 2.45) is 5.92 Å². The van der Waals surface area contributed by atoms with Gasteiger partial charge in [0.05, 0.1) is 12.9 Å². The summed E-state index contributed by atoms with van der Waals surface area (Å²) >= 11 is 0. The standard InChI is InChI=1S/C38H38N6O3Si/c1-22-4-13-28-32(16-22)48(2,3)33-18-27(39)12-14-29(33)34(28)30-17-25(10-11-26(30)19-45)31(46)15-9-23-5-7-24(8-6-23)20-47-37-35-36(42-21-41-35)43-38(40)44-37/h4-8,10-14,16-18,21-22,45H,9,15,19-20,39H2,1-3H3,(H3,40,41,42,43,44). The lowest BCUT2D eigenvalue weighted by Gasteiger charge is -2.39. The van der Waals surface area contributed by atoms with Crippen molar-refractivity contribution < 1.29 is 14.6 Å². The highest BCUT2D eigenvalue weighted by atomic mass is 28.3. The lowest BCUT2D eigenvalue weighted by Crippen LogP contribution is -2.49. The van der Waals surface area contributed by atoms with Crippen LogP contribution in [0.5, 0.6) is 5.88 Å². The predicted molar refractivity (Wildman–Crippen MR) is 192 cm³/mol. The third kappa shape index (κ3) is 5.73. The summed E-state index contributed by atoms with van der Waals surface area (Å²) in [5, 5.41) is 13.1. The molecule has 1 aliphatic carbocycles. The van der Waals surface area contributed by atoms with Crippen molar-refractivity contribution in [3.8, 4) is 5.88 Å². The number of Topliss-reactive ketones (excluding diaryl/α,β-unsaturated/α-hetero) is 1. The molecule has 0 radical (unpaired) electrons. The number of H-pyrrole nitrogens is 1. The highest BCUT2D eigenvalue weighted by molar-refractivity contribution is 6.97. The van der Waals surface area contributed by atoms with E-state index in [9.17, 15) is 9.90 Å². The maximum atomic E-state index is 13.6. The van der Waals surface area contributed by atoms with E-state index in [2.05, 4.69) is 70.3 Å². The third-order valence-corrected chi connectivity index (χ3v) is 12.9. The van der Waals surface area contributed by atoms with Gasteiger partial charge in [-0.05, 0) is 74.7 Å². The SMILES string of the molecule is CC1C=CC2=C(c3cc(C(=O)CCc4ccc(COc5nc(N)nc6nc[nH]c56)cc4)ccc3CO)c3ccc(N)cc3[Si](C)(C)C2=C1. The molecule has 2 aromatic heterocycles. The van der Waals surface area contributed by atoms with Crippen LogP contribution in [0.4, 0.5) is 11.6 Å². The van der Waals surface area contributed by atoms with Gasteiger partial charge in [0.25, 0.3) is 0 Å². The molecule has 7 rings (SSSR count). The maximum Gasteiger partial charge on any atom is 0.245 e. The number of nitrogens with two attached hydrogens (primary N) is 2. The number of fused-ring (bicyclic) bond motifs is 3. The first-order valence-electron chi connectivity index (χ1n) is 16.1. The second-order valence-electron chi connectivity index (χ2n) is 13.1. The van der Waals surface area contributed by atoms with Gasteiger partial charge in [-0.3, -0.25) is 4.79 Å². The molecule has 0 saturated heterocycles. The topological polar surface area (TPSA) is 153 Å². The number of aliphatic hydroxyl groups is 1. The van der Waals surface area contributed by atoms with E-state index in [1.807, 2.05) is 48.5 Å². The Balaban J connectivity index is 1.12. The first-order valence-corrected chi connectivity index (χ1v) is 19.1. The maximum absolute atomic E-state index is 13.6. The van der Waals surface area contributed by atoms with Gasteiger partial charge in [0.1, 0.15) is 20.2 Å². The number of ketones is 1. The molecule has 9 nitrogen and oxygen atoms in total. The average molecular weight is 655 g/mol. The van der Waals surface area contributed by atoms with Gasteiger partial charge in [-0.15, -0.1) is 0 Å². The van der Waals surface area contributed by atoms with Crippen LogP contribution < -0.4 is 21.4 Å². The molecule has 242 valence electrons. The van der Waals surface area contributed by atoms with E-state index in [1.54, 1.807) is 0 Å². The molecule has 6 N–H and O–H groups in total. The van der Waals surface area contributed by atoms with Crippen molar-refractivity contribution in [2.75, 3.05) is 11.5 Å². The fraction of sp³-hybridized carbons (Fsp3) is 0.211. The lowest BCUT2D eigenvalue weighted by atomic mass is 9.85. The first kappa shape index (κ1) is 31.3. The number of rotatable bonds is 9.